The summed E-state index contributed by atoms with van der Waals surface area (Å²) in [7, 11) is 1.85. The van der Waals surface area contributed by atoms with E-state index >= 15 is 0 Å². The average Bonchev–Trinajstić information content (AvgIpc) is 3.19. The van der Waals surface area contributed by atoms with E-state index in [-0.39, 0.29) is 18.4 Å². The Labute approximate surface area is 136 Å². The number of aromatic nitrogens is 2. The molecule has 0 bridgehead atoms. The molecule has 23 heavy (non-hydrogen) atoms. The van der Waals surface area contributed by atoms with Gasteiger partial charge in [0, 0.05) is 32.0 Å². The van der Waals surface area contributed by atoms with Crippen molar-refractivity contribution in [3.8, 4) is 0 Å². The molecule has 1 fully saturated rings. The molecule has 0 aliphatic carbocycles. The van der Waals surface area contributed by atoms with Crippen molar-refractivity contribution in [2.75, 3.05) is 26.2 Å². The summed E-state index contributed by atoms with van der Waals surface area (Å²) < 4.78 is 7.65. The van der Waals surface area contributed by atoms with Crippen LogP contribution in [0.4, 0.5) is 0 Å². The summed E-state index contributed by atoms with van der Waals surface area (Å²) in [5.74, 6) is -0.456. The van der Waals surface area contributed by atoms with Crippen LogP contribution in [0.15, 0.2) is 25.0 Å². The van der Waals surface area contributed by atoms with Crippen LogP contribution in [0.5, 0.6) is 0 Å². The molecule has 0 aromatic carbocycles. The molecular formula is C16H24N4O3. The van der Waals surface area contributed by atoms with E-state index in [0.717, 1.165) is 18.4 Å². The van der Waals surface area contributed by atoms with Crippen LogP contribution in [0, 0.1) is 0 Å². The Morgan fingerprint density at radius 2 is 2.39 bits per heavy atom. The second-order valence-electron chi connectivity index (χ2n) is 5.68. The van der Waals surface area contributed by atoms with Gasteiger partial charge in [-0.1, -0.05) is 6.58 Å². The van der Waals surface area contributed by atoms with Gasteiger partial charge < -0.3 is 15.0 Å². The van der Waals surface area contributed by atoms with E-state index in [0.29, 0.717) is 19.7 Å². The fourth-order valence-corrected chi connectivity index (χ4v) is 2.77. The topological polar surface area (TPSA) is 76.5 Å². The van der Waals surface area contributed by atoms with Gasteiger partial charge in [-0.25, -0.2) is 0 Å². The molecule has 0 spiro atoms. The van der Waals surface area contributed by atoms with Gasteiger partial charge in [0.05, 0.1) is 19.3 Å². The largest absolute Gasteiger partial charge is 0.368 e. The van der Waals surface area contributed by atoms with Gasteiger partial charge in [0.1, 0.15) is 5.60 Å². The number of ether oxygens (including phenoxy) is 1. The van der Waals surface area contributed by atoms with Crippen LogP contribution >= 0.6 is 0 Å². The van der Waals surface area contributed by atoms with Gasteiger partial charge in [-0.2, -0.15) is 5.10 Å². The summed E-state index contributed by atoms with van der Waals surface area (Å²) >= 11 is 0. The SMILES string of the molecule is C=CC(=O)N(CC)CC(=O)NCC1(c2cnn(C)c2)CCCO1. The predicted molar refractivity (Wildman–Crippen MR) is 85.5 cm³/mol. The Bertz CT molecular complexity index is 576. The van der Waals surface area contributed by atoms with Gasteiger partial charge in [-0.15, -0.1) is 0 Å². The van der Waals surface area contributed by atoms with Gasteiger partial charge in [0.2, 0.25) is 11.8 Å². The van der Waals surface area contributed by atoms with Gasteiger partial charge in [-0.05, 0) is 25.8 Å². The van der Waals surface area contributed by atoms with Crippen LogP contribution in [-0.2, 0) is 27.0 Å². The second kappa shape index (κ2) is 7.41. The minimum Gasteiger partial charge on any atom is -0.368 e. The number of hydrogen-bond acceptors (Lipinski definition) is 4. The third-order valence-electron chi connectivity index (χ3n) is 4.11. The number of nitrogens with zero attached hydrogens (tertiary/aromatic N) is 3. The molecule has 1 N–H and O–H groups in total. The fraction of sp³-hybridized carbons (Fsp3) is 0.562. The van der Waals surface area contributed by atoms with Crippen molar-refractivity contribution in [2.45, 2.75) is 25.4 Å². The number of rotatable bonds is 7. The number of amides is 2. The highest BCUT2D eigenvalue weighted by Gasteiger charge is 2.38. The first-order chi connectivity index (χ1) is 11.0. The maximum absolute atomic E-state index is 12.2. The van der Waals surface area contributed by atoms with Crippen LogP contribution in [0.3, 0.4) is 0 Å². The molecule has 126 valence electrons. The van der Waals surface area contributed by atoms with E-state index in [9.17, 15) is 9.59 Å². The maximum Gasteiger partial charge on any atom is 0.246 e. The molecule has 2 amide bonds. The Morgan fingerprint density at radius 3 is 2.91 bits per heavy atom. The average molecular weight is 320 g/mol. The summed E-state index contributed by atoms with van der Waals surface area (Å²) in [4.78, 5) is 25.2. The van der Waals surface area contributed by atoms with Crippen molar-refractivity contribution in [1.29, 1.82) is 0 Å². The standard InChI is InChI=1S/C16H24N4O3/c1-4-15(22)20(5-2)11-14(21)17-12-16(7-6-8-23-16)13-9-18-19(3)10-13/h4,9-10H,1,5-8,11-12H2,2-3H3,(H,17,21). The summed E-state index contributed by atoms with van der Waals surface area (Å²) in [6.45, 7) is 6.79. The number of nitrogens with one attached hydrogen (secondary N) is 1. The van der Waals surface area contributed by atoms with Crippen molar-refractivity contribution in [2.24, 2.45) is 7.05 Å². The first-order valence-electron chi connectivity index (χ1n) is 7.82. The van der Waals surface area contributed by atoms with Crippen LogP contribution < -0.4 is 5.32 Å². The quantitative estimate of drug-likeness (QED) is 0.746. The molecule has 1 aromatic heterocycles. The molecular weight excluding hydrogens is 296 g/mol. The fourth-order valence-electron chi connectivity index (χ4n) is 2.77. The maximum atomic E-state index is 12.2. The first-order valence-corrected chi connectivity index (χ1v) is 7.82. The minimum atomic E-state index is -0.524. The highest BCUT2D eigenvalue weighted by atomic mass is 16.5. The molecule has 1 aliphatic heterocycles. The van der Waals surface area contributed by atoms with Crippen LogP contribution in [0.1, 0.15) is 25.3 Å². The molecule has 0 radical (unpaired) electrons. The third kappa shape index (κ3) is 3.98. The zero-order valence-electron chi connectivity index (χ0n) is 13.7. The lowest BCUT2D eigenvalue weighted by Gasteiger charge is -2.28. The van der Waals surface area contributed by atoms with Crippen molar-refractivity contribution < 1.29 is 14.3 Å². The molecule has 2 heterocycles. The van der Waals surface area contributed by atoms with Crippen molar-refractivity contribution in [3.63, 3.8) is 0 Å². The summed E-state index contributed by atoms with van der Waals surface area (Å²) in [6, 6.07) is 0. The molecule has 7 heteroatoms. The molecule has 1 aliphatic rings. The van der Waals surface area contributed by atoms with Crippen LogP contribution in [0.2, 0.25) is 0 Å². The normalized spacial score (nSPS) is 20.3. The predicted octanol–water partition coefficient (Wildman–Crippen LogP) is 0.577. The smallest absolute Gasteiger partial charge is 0.246 e. The van der Waals surface area contributed by atoms with E-state index in [1.807, 2.05) is 20.2 Å². The summed E-state index contributed by atoms with van der Waals surface area (Å²) in [5.41, 5.74) is 0.441. The zero-order chi connectivity index (χ0) is 16.9. The van der Waals surface area contributed by atoms with Crippen molar-refractivity contribution >= 4 is 11.8 Å². The zero-order valence-corrected chi connectivity index (χ0v) is 13.7. The van der Waals surface area contributed by atoms with E-state index in [4.69, 9.17) is 4.74 Å². The Hall–Kier alpha value is -2.15. The highest BCUT2D eigenvalue weighted by molar-refractivity contribution is 5.90. The van der Waals surface area contributed by atoms with Gasteiger partial charge in [0.15, 0.2) is 0 Å². The number of carbonyl (C=O) groups excluding carboxylic acids is 2. The molecule has 1 aromatic rings. The van der Waals surface area contributed by atoms with Gasteiger partial charge in [0.25, 0.3) is 0 Å². The number of hydrogen-bond donors (Lipinski definition) is 1. The Kier molecular flexibility index (Phi) is 5.54. The number of carbonyl (C=O) groups is 2. The minimum absolute atomic E-state index is 0.0183. The van der Waals surface area contributed by atoms with Crippen molar-refractivity contribution in [3.05, 3.63) is 30.6 Å². The lowest BCUT2D eigenvalue weighted by Crippen LogP contribution is -2.45. The molecule has 1 atom stereocenters. The lowest BCUT2D eigenvalue weighted by molar-refractivity contribution is -0.132. The number of aryl methyl sites for hydroxylation is 1. The van der Waals surface area contributed by atoms with E-state index in [1.165, 1.54) is 11.0 Å². The van der Waals surface area contributed by atoms with Crippen LogP contribution in [-0.4, -0.2) is 52.7 Å². The van der Waals surface area contributed by atoms with Gasteiger partial charge in [-0.3, -0.25) is 14.3 Å². The van der Waals surface area contributed by atoms with Crippen molar-refractivity contribution in [1.82, 2.24) is 20.0 Å². The van der Waals surface area contributed by atoms with Gasteiger partial charge >= 0.3 is 0 Å². The summed E-state index contributed by atoms with van der Waals surface area (Å²) in [5, 5.41) is 7.08. The Balaban J connectivity index is 1.98. The molecule has 2 rings (SSSR count). The molecule has 7 nitrogen and oxygen atoms in total. The van der Waals surface area contributed by atoms with E-state index < -0.39 is 5.60 Å². The monoisotopic (exact) mass is 320 g/mol. The Morgan fingerprint density at radius 1 is 1.61 bits per heavy atom. The third-order valence-corrected chi connectivity index (χ3v) is 4.11. The lowest BCUT2D eigenvalue weighted by atomic mass is 9.93. The highest BCUT2D eigenvalue weighted by Crippen LogP contribution is 2.35. The molecule has 0 saturated carbocycles. The van der Waals surface area contributed by atoms with E-state index in [2.05, 4.69) is 17.0 Å². The second-order valence-corrected chi connectivity index (χ2v) is 5.68. The first kappa shape index (κ1) is 17.2. The summed E-state index contributed by atoms with van der Waals surface area (Å²) in [6.07, 6.45) is 6.69. The molecule has 1 saturated heterocycles. The van der Waals surface area contributed by atoms with Crippen LogP contribution in [0.25, 0.3) is 0 Å². The number of likely N-dealkylation sites (N-methyl/N-ethyl adjacent to an activating group) is 1. The molecule has 1 unspecified atom stereocenters. The van der Waals surface area contributed by atoms with E-state index in [1.54, 1.807) is 10.9 Å².